The van der Waals surface area contributed by atoms with Crippen molar-refractivity contribution in [2.45, 2.75) is 116 Å². The molecular formula is C24H43N. The van der Waals surface area contributed by atoms with Crippen LogP contribution < -0.4 is 5.73 Å². The van der Waals surface area contributed by atoms with Crippen molar-refractivity contribution in [3.63, 3.8) is 0 Å². The first kappa shape index (κ1) is 22.1. The zero-order chi connectivity index (χ0) is 18.2. The molecule has 0 amide bonds. The van der Waals surface area contributed by atoms with Gasteiger partial charge in [0.1, 0.15) is 0 Å². The number of hydrogen-bond acceptors (Lipinski definition) is 1. The van der Waals surface area contributed by atoms with E-state index < -0.39 is 0 Å². The van der Waals surface area contributed by atoms with Crippen LogP contribution in [-0.2, 0) is 0 Å². The fourth-order valence-corrected chi connectivity index (χ4v) is 3.86. The van der Waals surface area contributed by atoms with Crippen molar-refractivity contribution in [1.29, 1.82) is 0 Å². The first-order valence-corrected chi connectivity index (χ1v) is 11.1. The van der Waals surface area contributed by atoms with Crippen LogP contribution in [0.1, 0.15) is 122 Å². The van der Waals surface area contributed by atoms with Gasteiger partial charge in [-0.25, -0.2) is 0 Å². The molecule has 1 unspecified atom stereocenters. The van der Waals surface area contributed by atoms with Crippen LogP contribution in [0.5, 0.6) is 0 Å². The fraction of sp³-hybridized carbons (Fsp3) is 0.750. The second-order valence-corrected chi connectivity index (χ2v) is 7.79. The van der Waals surface area contributed by atoms with E-state index in [1.807, 2.05) is 0 Å². The number of benzene rings is 1. The third-order valence-corrected chi connectivity index (χ3v) is 5.50. The third-order valence-electron chi connectivity index (χ3n) is 5.50. The lowest BCUT2D eigenvalue weighted by Crippen LogP contribution is -2.03. The van der Waals surface area contributed by atoms with E-state index in [4.69, 9.17) is 5.73 Å². The quantitative estimate of drug-likeness (QED) is 0.237. The summed E-state index contributed by atoms with van der Waals surface area (Å²) in [6, 6.07) is 8.56. The number of anilines is 1. The Hall–Kier alpha value is -0.980. The third kappa shape index (κ3) is 10.6. The Morgan fingerprint density at radius 3 is 1.56 bits per heavy atom. The van der Waals surface area contributed by atoms with Crippen LogP contribution in [0.4, 0.5) is 5.69 Å². The Morgan fingerprint density at radius 1 is 0.640 bits per heavy atom. The molecule has 0 radical (unpaired) electrons. The van der Waals surface area contributed by atoms with Gasteiger partial charge in [-0.2, -0.15) is 0 Å². The molecular weight excluding hydrogens is 302 g/mol. The van der Waals surface area contributed by atoms with Gasteiger partial charge in [0.05, 0.1) is 0 Å². The Kier molecular flexibility index (Phi) is 13.5. The summed E-state index contributed by atoms with van der Waals surface area (Å²) in [7, 11) is 0. The summed E-state index contributed by atoms with van der Waals surface area (Å²) in [5.41, 5.74) is 8.68. The van der Waals surface area contributed by atoms with Crippen LogP contribution in [0.2, 0.25) is 0 Å². The highest BCUT2D eigenvalue weighted by Gasteiger charge is 2.13. The predicted molar refractivity (Wildman–Crippen MR) is 114 cm³/mol. The molecule has 0 spiro atoms. The largest absolute Gasteiger partial charge is 0.398 e. The van der Waals surface area contributed by atoms with Crippen molar-refractivity contribution in [2.75, 3.05) is 5.73 Å². The molecule has 0 aromatic heterocycles. The van der Waals surface area contributed by atoms with Crippen molar-refractivity contribution in [3.8, 4) is 0 Å². The molecule has 0 saturated carbocycles. The van der Waals surface area contributed by atoms with Crippen molar-refractivity contribution < 1.29 is 0 Å². The van der Waals surface area contributed by atoms with E-state index in [0.717, 1.165) is 5.69 Å². The minimum atomic E-state index is 0.669. The molecule has 0 fully saturated rings. The van der Waals surface area contributed by atoms with Crippen molar-refractivity contribution >= 4 is 5.69 Å². The summed E-state index contributed by atoms with van der Waals surface area (Å²) >= 11 is 0. The summed E-state index contributed by atoms with van der Waals surface area (Å²) in [6.45, 7) is 4.58. The molecule has 0 aliphatic heterocycles. The van der Waals surface area contributed by atoms with Gasteiger partial charge in [0.2, 0.25) is 0 Å². The van der Waals surface area contributed by atoms with E-state index in [0.29, 0.717) is 5.92 Å². The smallest absolute Gasteiger partial charge is 0.0349 e. The maximum absolute atomic E-state index is 6.28. The summed E-state index contributed by atoms with van der Waals surface area (Å²) in [5.74, 6) is 0.669. The lowest BCUT2D eigenvalue weighted by Gasteiger charge is -2.19. The Morgan fingerprint density at radius 2 is 1.08 bits per heavy atom. The summed E-state index contributed by atoms with van der Waals surface area (Å²) in [6.07, 6.45) is 20.7. The van der Waals surface area contributed by atoms with Crippen LogP contribution in [0.15, 0.2) is 24.3 Å². The zero-order valence-corrected chi connectivity index (χ0v) is 17.1. The molecule has 0 aliphatic rings. The molecule has 1 nitrogen and oxygen atoms in total. The van der Waals surface area contributed by atoms with Crippen molar-refractivity contribution in [2.24, 2.45) is 0 Å². The highest BCUT2D eigenvalue weighted by molar-refractivity contribution is 5.48. The number of nitrogens with two attached hydrogens (primary N) is 1. The number of rotatable bonds is 16. The molecule has 144 valence electrons. The first-order chi connectivity index (χ1) is 12.3. The maximum atomic E-state index is 6.28. The molecule has 1 heteroatoms. The van der Waals surface area contributed by atoms with Gasteiger partial charge in [-0.1, -0.05) is 116 Å². The fourth-order valence-electron chi connectivity index (χ4n) is 3.86. The second-order valence-electron chi connectivity index (χ2n) is 7.79. The number of hydrogen-bond donors (Lipinski definition) is 1. The Labute approximate surface area is 157 Å². The standard InChI is InChI=1S/C24H43N/c1-3-5-7-9-11-13-15-19-22(18-14-12-10-8-6-4-2)23-20-16-17-21-24(23)25/h16-17,20-22H,3-15,18-19,25H2,1-2H3. The molecule has 1 rings (SSSR count). The molecule has 1 aromatic carbocycles. The number of nitrogen functional groups attached to an aromatic ring is 1. The van der Waals surface area contributed by atoms with E-state index in [1.165, 1.54) is 102 Å². The van der Waals surface area contributed by atoms with Gasteiger partial charge < -0.3 is 5.73 Å². The topological polar surface area (TPSA) is 26.0 Å². The minimum Gasteiger partial charge on any atom is -0.398 e. The van der Waals surface area contributed by atoms with Crippen LogP contribution in [-0.4, -0.2) is 0 Å². The highest BCUT2D eigenvalue weighted by Crippen LogP contribution is 2.32. The van der Waals surface area contributed by atoms with E-state index in [1.54, 1.807) is 0 Å². The average molecular weight is 346 g/mol. The van der Waals surface area contributed by atoms with E-state index in [2.05, 4.69) is 38.1 Å². The molecule has 1 aromatic rings. The Bertz CT molecular complexity index is 412. The second kappa shape index (κ2) is 15.3. The minimum absolute atomic E-state index is 0.669. The summed E-state index contributed by atoms with van der Waals surface area (Å²) in [4.78, 5) is 0. The normalized spacial score (nSPS) is 12.4. The van der Waals surface area contributed by atoms with Crippen LogP contribution in [0.25, 0.3) is 0 Å². The molecule has 25 heavy (non-hydrogen) atoms. The molecule has 2 N–H and O–H groups in total. The van der Waals surface area contributed by atoms with Crippen molar-refractivity contribution in [1.82, 2.24) is 0 Å². The van der Waals surface area contributed by atoms with Crippen molar-refractivity contribution in [3.05, 3.63) is 29.8 Å². The van der Waals surface area contributed by atoms with Gasteiger partial charge >= 0.3 is 0 Å². The van der Waals surface area contributed by atoms with Gasteiger partial charge in [0, 0.05) is 5.69 Å². The van der Waals surface area contributed by atoms with Crippen LogP contribution in [0.3, 0.4) is 0 Å². The van der Waals surface area contributed by atoms with E-state index in [-0.39, 0.29) is 0 Å². The number of unbranched alkanes of at least 4 members (excludes halogenated alkanes) is 11. The lowest BCUT2D eigenvalue weighted by molar-refractivity contribution is 0.486. The Balaban J connectivity index is 2.34. The van der Waals surface area contributed by atoms with E-state index >= 15 is 0 Å². The summed E-state index contributed by atoms with van der Waals surface area (Å²) < 4.78 is 0. The molecule has 0 saturated heterocycles. The average Bonchev–Trinajstić information content (AvgIpc) is 2.62. The van der Waals surface area contributed by atoms with Gasteiger partial charge in [0.15, 0.2) is 0 Å². The molecule has 1 atom stereocenters. The monoisotopic (exact) mass is 345 g/mol. The highest BCUT2D eigenvalue weighted by atomic mass is 14.6. The summed E-state index contributed by atoms with van der Waals surface area (Å²) in [5, 5.41) is 0. The van der Waals surface area contributed by atoms with Gasteiger partial charge in [-0.3, -0.25) is 0 Å². The van der Waals surface area contributed by atoms with Crippen LogP contribution in [0, 0.1) is 0 Å². The number of para-hydroxylation sites is 1. The maximum Gasteiger partial charge on any atom is 0.0349 e. The molecule has 0 bridgehead atoms. The zero-order valence-electron chi connectivity index (χ0n) is 17.1. The lowest BCUT2D eigenvalue weighted by atomic mass is 9.87. The van der Waals surface area contributed by atoms with Gasteiger partial charge in [-0.15, -0.1) is 0 Å². The first-order valence-electron chi connectivity index (χ1n) is 11.1. The van der Waals surface area contributed by atoms with Gasteiger partial charge in [0.25, 0.3) is 0 Å². The molecule has 0 heterocycles. The predicted octanol–water partition coefficient (Wildman–Crippen LogP) is 8.24. The SMILES string of the molecule is CCCCCCCCCC(CCCCCCCC)c1ccccc1N. The van der Waals surface area contributed by atoms with Crippen LogP contribution >= 0.6 is 0 Å². The molecule has 0 aliphatic carbocycles. The van der Waals surface area contributed by atoms with E-state index in [9.17, 15) is 0 Å². The van der Waals surface area contributed by atoms with Gasteiger partial charge in [-0.05, 0) is 30.4 Å².